The molecule has 7 nitrogen and oxygen atoms in total. The summed E-state index contributed by atoms with van der Waals surface area (Å²) >= 11 is 0. The lowest BCUT2D eigenvalue weighted by atomic mass is 10.0. The van der Waals surface area contributed by atoms with Gasteiger partial charge in [-0.3, -0.25) is 9.59 Å². The van der Waals surface area contributed by atoms with Gasteiger partial charge >= 0.3 is 0 Å². The van der Waals surface area contributed by atoms with Crippen LogP contribution in [0.25, 0.3) is 44.5 Å². The second-order valence-electron chi connectivity index (χ2n) is 10.9. The SMILES string of the molecule is CNC(=O)c1cccc2nc(-c3ccc(-c4ccc5cc[nH]c5c4)cc3)n(C[C@H]3CCN(C(=O)C4CC4)C3)c12. The number of rotatable bonds is 6. The van der Waals surface area contributed by atoms with Crippen molar-refractivity contribution >= 4 is 33.8 Å². The molecule has 1 aliphatic heterocycles. The standard InChI is InChI=1S/C32H31N5O2/c1-33-31(38)26-3-2-4-27-29(26)37(19-20-14-16-36(18-20)32(39)24-10-11-24)30(35-27)23-8-5-21(6-9-23)25-12-7-22-13-15-34-28(22)17-25/h2-9,12-13,15,17,20,24,34H,10-11,14,16,18-19H2,1H3,(H,33,38)/t20-/m0/s1. The Morgan fingerprint density at radius 2 is 1.77 bits per heavy atom. The van der Waals surface area contributed by atoms with E-state index in [-0.39, 0.29) is 11.8 Å². The molecular weight excluding hydrogens is 486 g/mol. The van der Waals surface area contributed by atoms with E-state index >= 15 is 0 Å². The molecule has 3 aromatic carbocycles. The van der Waals surface area contributed by atoms with Crippen LogP contribution in [0.15, 0.2) is 72.9 Å². The highest BCUT2D eigenvalue weighted by atomic mass is 16.2. The molecule has 1 saturated heterocycles. The number of benzene rings is 3. The van der Waals surface area contributed by atoms with Crippen LogP contribution in [0, 0.1) is 11.8 Å². The molecule has 3 heterocycles. The Balaban J connectivity index is 1.26. The lowest BCUT2D eigenvalue weighted by Gasteiger charge is -2.18. The number of fused-ring (bicyclic) bond motifs is 2. The summed E-state index contributed by atoms with van der Waals surface area (Å²) in [4.78, 5) is 35.9. The Hall–Kier alpha value is -4.39. The third kappa shape index (κ3) is 4.28. The van der Waals surface area contributed by atoms with Crippen LogP contribution in [0.5, 0.6) is 0 Å². The van der Waals surface area contributed by atoms with Crippen molar-refractivity contribution < 1.29 is 9.59 Å². The van der Waals surface area contributed by atoms with E-state index in [0.29, 0.717) is 23.9 Å². The number of aromatic nitrogens is 3. The van der Waals surface area contributed by atoms with Crippen LogP contribution < -0.4 is 5.32 Å². The number of H-pyrrole nitrogens is 1. The summed E-state index contributed by atoms with van der Waals surface area (Å²) in [5.41, 5.74) is 6.67. The average molecular weight is 518 g/mol. The first-order chi connectivity index (χ1) is 19.1. The number of hydrogen-bond donors (Lipinski definition) is 2. The zero-order valence-electron chi connectivity index (χ0n) is 22.0. The molecule has 0 unspecified atom stereocenters. The maximum Gasteiger partial charge on any atom is 0.253 e. The number of aromatic amines is 1. The summed E-state index contributed by atoms with van der Waals surface area (Å²) in [6, 6.07) is 22.7. The third-order valence-corrected chi connectivity index (χ3v) is 8.23. The van der Waals surface area contributed by atoms with Crippen molar-refractivity contribution in [3.63, 3.8) is 0 Å². The van der Waals surface area contributed by atoms with E-state index in [1.54, 1.807) is 7.05 Å². The monoisotopic (exact) mass is 517 g/mol. The fourth-order valence-corrected chi connectivity index (χ4v) is 5.97. The molecule has 7 heteroatoms. The van der Waals surface area contributed by atoms with Crippen LogP contribution in [0.2, 0.25) is 0 Å². The van der Waals surface area contributed by atoms with Gasteiger partial charge in [0, 0.05) is 49.9 Å². The van der Waals surface area contributed by atoms with Crippen molar-refractivity contribution in [2.75, 3.05) is 20.1 Å². The van der Waals surface area contributed by atoms with Gasteiger partial charge in [0.15, 0.2) is 0 Å². The second-order valence-corrected chi connectivity index (χ2v) is 10.9. The van der Waals surface area contributed by atoms with Crippen molar-refractivity contribution in [3.8, 4) is 22.5 Å². The topological polar surface area (TPSA) is 83.0 Å². The Morgan fingerprint density at radius 1 is 0.974 bits per heavy atom. The van der Waals surface area contributed by atoms with Crippen molar-refractivity contribution in [1.29, 1.82) is 0 Å². The van der Waals surface area contributed by atoms with Gasteiger partial charge in [-0.2, -0.15) is 0 Å². The van der Waals surface area contributed by atoms with Gasteiger partial charge in [-0.15, -0.1) is 0 Å². The highest BCUT2D eigenvalue weighted by Crippen LogP contribution is 2.35. The number of amides is 2. The number of nitrogens with one attached hydrogen (secondary N) is 2. The summed E-state index contributed by atoms with van der Waals surface area (Å²) < 4.78 is 2.20. The zero-order valence-corrected chi connectivity index (χ0v) is 22.0. The quantitative estimate of drug-likeness (QED) is 0.313. The largest absolute Gasteiger partial charge is 0.361 e. The zero-order chi connectivity index (χ0) is 26.5. The third-order valence-electron chi connectivity index (χ3n) is 8.23. The van der Waals surface area contributed by atoms with Gasteiger partial charge in [0.05, 0.1) is 16.6 Å². The molecule has 0 bridgehead atoms. The van der Waals surface area contributed by atoms with Crippen molar-refractivity contribution in [3.05, 3.63) is 78.5 Å². The predicted octanol–water partition coefficient (Wildman–Crippen LogP) is 5.47. The number of imidazole rings is 1. The molecular formula is C32H31N5O2. The minimum absolute atomic E-state index is 0.125. The van der Waals surface area contributed by atoms with Crippen LogP contribution in [-0.2, 0) is 11.3 Å². The molecule has 2 aromatic heterocycles. The number of nitrogens with zero attached hydrogens (tertiary/aromatic N) is 3. The number of likely N-dealkylation sites (tertiary alicyclic amines) is 1. The molecule has 7 rings (SSSR count). The predicted molar refractivity (Wildman–Crippen MR) is 153 cm³/mol. The molecule has 2 fully saturated rings. The summed E-state index contributed by atoms with van der Waals surface area (Å²) in [5, 5.41) is 3.98. The van der Waals surface area contributed by atoms with E-state index in [1.807, 2.05) is 29.3 Å². The van der Waals surface area contributed by atoms with Gasteiger partial charge in [-0.1, -0.05) is 42.5 Å². The van der Waals surface area contributed by atoms with Gasteiger partial charge in [-0.05, 0) is 66.0 Å². The van der Waals surface area contributed by atoms with Gasteiger partial charge in [-0.25, -0.2) is 4.98 Å². The Labute approximate surface area is 226 Å². The molecule has 196 valence electrons. The van der Waals surface area contributed by atoms with E-state index in [9.17, 15) is 9.59 Å². The molecule has 2 amide bonds. The first-order valence-electron chi connectivity index (χ1n) is 13.8. The van der Waals surface area contributed by atoms with E-state index in [4.69, 9.17) is 4.98 Å². The van der Waals surface area contributed by atoms with Crippen molar-refractivity contribution in [1.82, 2.24) is 24.8 Å². The number of carbonyl (C=O) groups excluding carboxylic acids is 2. The summed E-state index contributed by atoms with van der Waals surface area (Å²) in [6.45, 7) is 2.28. The number of carbonyl (C=O) groups is 2. The Kier molecular flexibility index (Phi) is 5.72. The molecule has 2 aliphatic rings. The van der Waals surface area contributed by atoms with E-state index < -0.39 is 0 Å². The van der Waals surface area contributed by atoms with Crippen LogP contribution in [0.4, 0.5) is 0 Å². The second kappa shape index (κ2) is 9.42. The highest BCUT2D eigenvalue weighted by Gasteiger charge is 2.37. The van der Waals surface area contributed by atoms with Crippen LogP contribution in [0.1, 0.15) is 29.6 Å². The Morgan fingerprint density at radius 3 is 2.56 bits per heavy atom. The fourth-order valence-electron chi connectivity index (χ4n) is 5.97. The van der Waals surface area contributed by atoms with Gasteiger partial charge < -0.3 is 19.8 Å². The first-order valence-corrected chi connectivity index (χ1v) is 13.8. The fraction of sp³-hybridized carbons (Fsp3) is 0.281. The number of para-hydroxylation sites is 1. The molecule has 0 radical (unpaired) electrons. The molecule has 1 aliphatic carbocycles. The molecule has 1 saturated carbocycles. The molecule has 2 N–H and O–H groups in total. The molecule has 0 spiro atoms. The minimum Gasteiger partial charge on any atom is -0.361 e. The molecule has 5 aromatic rings. The highest BCUT2D eigenvalue weighted by molar-refractivity contribution is 6.05. The van der Waals surface area contributed by atoms with Crippen LogP contribution >= 0.6 is 0 Å². The normalized spacial score (nSPS) is 17.3. The summed E-state index contributed by atoms with van der Waals surface area (Å²) in [6.07, 6.45) is 4.97. The smallest absolute Gasteiger partial charge is 0.253 e. The molecule has 1 atom stereocenters. The van der Waals surface area contributed by atoms with E-state index in [0.717, 1.165) is 71.4 Å². The van der Waals surface area contributed by atoms with Gasteiger partial charge in [0.1, 0.15) is 5.82 Å². The Bertz CT molecular complexity index is 1710. The first kappa shape index (κ1) is 23.7. The number of hydrogen-bond acceptors (Lipinski definition) is 3. The molecule has 39 heavy (non-hydrogen) atoms. The summed E-state index contributed by atoms with van der Waals surface area (Å²) in [5.74, 6) is 1.59. The lowest BCUT2D eigenvalue weighted by molar-refractivity contribution is -0.131. The van der Waals surface area contributed by atoms with Crippen LogP contribution in [-0.4, -0.2) is 51.4 Å². The maximum atomic E-state index is 12.9. The van der Waals surface area contributed by atoms with E-state index in [2.05, 4.69) is 63.4 Å². The van der Waals surface area contributed by atoms with E-state index in [1.165, 1.54) is 5.39 Å². The summed E-state index contributed by atoms with van der Waals surface area (Å²) in [7, 11) is 1.66. The van der Waals surface area contributed by atoms with Gasteiger partial charge in [0.2, 0.25) is 5.91 Å². The van der Waals surface area contributed by atoms with Gasteiger partial charge in [0.25, 0.3) is 5.91 Å². The minimum atomic E-state index is -0.125. The maximum absolute atomic E-state index is 12.9. The van der Waals surface area contributed by atoms with Crippen molar-refractivity contribution in [2.24, 2.45) is 11.8 Å². The lowest BCUT2D eigenvalue weighted by Crippen LogP contribution is -2.30. The van der Waals surface area contributed by atoms with Crippen LogP contribution in [0.3, 0.4) is 0 Å². The average Bonchev–Trinajstić information content (AvgIpc) is 3.36. The van der Waals surface area contributed by atoms with Crippen molar-refractivity contribution in [2.45, 2.75) is 25.8 Å².